The molecule has 0 aromatic carbocycles. The Balaban J connectivity index is 1.63. The Bertz CT molecular complexity index is 824. The summed E-state index contributed by atoms with van der Waals surface area (Å²) in [4.78, 5) is 19.8. The standard InChI is InChI=1S/C15H16N6O/c1-10-5-7-17-14(18-10)20-8-11(9-20)21-13-12(4-3-6-16-13)19-15(21)22-2/h3-7,11H,8-9H2,1-2H3. The highest BCUT2D eigenvalue weighted by atomic mass is 16.5. The van der Waals surface area contributed by atoms with Crippen molar-refractivity contribution in [2.45, 2.75) is 13.0 Å². The van der Waals surface area contributed by atoms with Crippen LogP contribution in [-0.2, 0) is 0 Å². The van der Waals surface area contributed by atoms with Crippen molar-refractivity contribution in [3.63, 3.8) is 0 Å². The fraction of sp³-hybridized carbons (Fsp3) is 0.333. The lowest BCUT2D eigenvalue weighted by atomic mass is 10.1. The lowest BCUT2D eigenvalue weighted by molar-refractivity contribution is 0.313. The Morgan fingerprint density at radius 1 is 1.14 bits per heavy atom. The number of nitrogens with zero attached hydrogens (tertiary/aromatic N) is 6. The zero-order valence-electron chi connectivity index (χ0n) is 12.5. The van der Waals surface area contributed by atoms with Gasteiger partial charge in [-0.2, -0.15) is 4.98 Å². The summed E-state index contributed by atoms with van der Waals surface area (Å²) < 4.78 is 7.47. The fourth-order valence-electron chi connectivity index (χ4n) is 2.75. The minimum absolute atomic E-state index is 0.263. The number of methoxy groups -OCH3 is 1. The number of pyridine rings is 1. The van der Waals surface area contributed by atoms with Gasteiger partial charge in [0.25, 0.3) is 6.01 Å². The fourth-order valence-corrected chi connectivity index (χ4v) is 2.75. The molecular formula is C15H16N6O. The Morgan fingerprint density at radius 2 is 2.00 bits per heavy atom. The van der Waals surface area contributed by atoms with E-state index in [4.69, 9.17) is 4.74 Å². The molecule has 0 N–H and O–H groups in total. The maximum Gasteiger partial charge on any atom is 0.298 e. The van der Waals surface area contributed by atoms with Crippen molar-refractivity contribution in [1.29, 1.82) is 0 Å². The molecular weight excluding hydrogens is 280 g/mol. The number of hydrogen-bond donors (Lipinski definition) is 0. The van der Waals surface area contributed by atoms with E-state index in [1.807, 2.05) is 25.1 Å². The predicted molar refractivity (Wildman–Crippen MR) is 82.1 cm³/mol. The van der Waals surface area contributed by atoms with Gasteiger partial charge in [-0.25, -0.2) is 15.0 Å². The van der Waals surface area contributed by atoms with Gasteiger partial charge in [0, 0.05) is 31.2 Å². The van der Waals surface area contributed by atoms with E-state index in [-0.39, 0.29) is 6.04 Å². The molecule has 0 aliphatic carbocycles. The highest BCUT2D eigenvalue weighted by molar-refractivity contribution is 5.72. The third-order valence-electron chi connectivity index (χ3n) is 3.89. The SMILES string of the molecule is COc1nc2cccnc2n1C1CN(c2nccc(C)n2)C1. The normalized spacial score (nSPS) is 15.1. The number of fused-ring (bicyclic) bond motifs is 1. The van der Waals surface area contributed by atoms with Gasteiger partial charge in [-0.3, -0.25) is 4.57 Å². The average Bonchev–Trinajstić information content (AvgIpc) is 2.85. The van der Waals surface area contributed by atoms with E-state index < -0.39 is 0 Å². The van der Waals surface area contributed by atoms with Gasteiger partial charge in [-0.15, -0.1) is 0 Å². The van der Waals surface area contributed by atoms with Crippen LogP contribution in [0.15, 0.2) is 30.6 Å². The Labute approximate surface area is 127 Å². The summed E-state index contributed by atoms with van der Waals surface area (Å²) in [6.07, 6.45) is 3.57. The van der Waals surface area contributed by atoms with E-state index >= 15 is 0 Å². The second-order valence-electron chi connectivity index (χ2n) is 5.37. The van der Waals surface area contributed by atoms with E-state index in [0.717, 1.165) is 35.9 Å². The minimum Gasteiger partial charge on any atom is -0.468 e. The molecule has 7 heteroatoms. The van der Waals surface area contributed by atoms with Gasteiger partial charge in [0.15, 0.2) is 5.65 Å². The van der Waals surface area contributed by atoms with Crippen molar-refractivity contribution in [3.8, 4) is 6.01 Å². The first kappa shape index (κ1) is 13.0. The first-order chi connectivity index (χ1) is 10.8. The van der Waals surface area contributed by atoms with Crippen LogP contribution >= 0.6 is 0 Å². The van der Waals surface area contributed by atoms with E-state index in [1.165, 1.54) is 0 Å². The molecule has 0 saturated carbocycles. The second kappa shape index (κ2) is 4.94. The van der Waals surface area contributed by atoms with Crippen molar-refractivity contribution in [2.24, 2.45) is 0 Å². The van der Waals surface area contributed by atoms with Crippen molar-refractivity contribution in [3.05, 3.63) is 36.3 Å². The van der Waals surface area contributed by atoms with Gasteiger partial charge in [0.1, 0.15) is 5.52 Å². The van der Waals surface area contributed by atoms with Crippen LogP contribution in [0.1, 0.15) is 11.7 Å². The average molecular weight is 296 g/mol. The number of hydrogen-bond acceptors (Lipinski definition) is 6. The summed E-state index contributed by atoms with van der Waals surface area (Å²) in [5, 5.41) is 0. The molecule has 3 aromatic rings. The van der Waals surface area contributed by atoms with Crippen molar-refractivity contribution in [2.75, 3.05) is 25.1 Å². The zero-order chi connectivity index (χ0) is 15.1. The van der Waals surface area contributed by atoms with Crippen LogP contribution in [-0.4, -0.2) is 44.7 Å². The molecule has 1 aliphatic rings. The number of imidazole rings is 1. The van der Waals surface area contributed by atoms with E-state index in [0.29, 0.717) is 6.01 Å². The van der Waals surface area contributed by atoms with Gasteiger partial charge >= 0.3 is 0 Å². The predicted octanol–water partition coefficient (Wildman–Crippen LogP) is 1.60. The zero-order valence-corrected chi connectivity index (χ0v) is 12.5. The quantitative estimate of drug-likeness (QED) is 0.731. The van der Waals surface area contributed by atoms with E-state index in [2.05, 4.69) is 29.4 Å². The van der Waals surface area contributed by atoms with E-state index in [1.54, 1.807) is 19.5 Å². The van der Waals surface area contributed by atoms with Gasteiger partial charge < -0.3 is 9.64 Å². The lowest BCUT2D eigenvalue weighted by Crippen LogP contribution is -2.48. The summed E-state index contributed by atoms with van der Waals surface area (Å²) in [6.45, 7) is 3.61. The van der Waals surface area contributed by atoms with Crippen LogP contribution in [0.4, 0.5) is 5.95 Å². The lowest BCUT2D eigenvalue weighted by Gasteiger charge is -2.40. The Hall–Kier alpha value is -2.70. The molecule has 112 valence electrons. The highest BCUT2D eigenvalue weighted by Crippen LogP contribution is 2.31. The molecule has 0 amide bonds. The maximum atomic E-state index is 5.41. The third kappa shape index (κ3) is 1.97. The van der Waals surface area contributed by atoms with Crippen LogP contribution in [0.2, 0.25) is 0 Å². The molecule has 4 rings (SSSR count). The number of aryl methyl sites for hydroxylation is 1. The molecule has 1 saturated heterocycles. The van der Waals surface area contributed by atoms with Crippen LogP contribution in [0, 0.1) is 6.92 Å². The van der Waals surface area contributed by atoms with Crippen LogP contribution < -0.4 is 9.64 Å². The monoisotopic (exact) mass is 296 g/mol. The molecule has 4 heterocycles. The Kier molecular flexibility index (Phi) is 2.92. The number of ether oxygens (including phenoxy) is 1. The first-order valence-electron chi connectivity index (χ1n) is 7.18. The molecule has 3 aromatic heterocycles. The van der Waals surface area contributed by atoms with Crippen molar-refractivity contribution >= 4 is 17.1 Å². The molecule has 0 atom stereocenters. The topological polar surface area (TPSA) is 69.0 Å². The summed E-state index contributed by atoms with van der Waals surface area (Å²) in [7, 11) is 1.64. The number of rotatable bonds is 3. The molecule has 0 unspecified atom stereocenters. The molecule has 0 spiro atoms. The second-order valence-corrected chi connectivity index (χ2v) is 5.37. The summed E-state index contributed by atoms with van der Waals surface area (Å²) >= 11 is 0. The number of aromatic nitrogens is 5. The molecule has 0 radical (unpaired) electrons. The van der Waals surface area contributed by atoms with Gasteiger partial charge in [-0.05, 0) is 25.1 Å². The van der Waals surface area contributed by atoms with Crippen LogP contribution in [0.5, 0.6) is 6.01 Å². The van der Waals surface area contributed by atoms with Crippen molar-refractivity contribution in [1.82, 2.24) is 24.5 Å². The highest BCUT2D eigenvalue weighted by Gasteiger charge is 2.33. The largest absolute Gasteiger partial charge is 0.468 e. The van der Waals surface area contributed by atoms with Gasteiger partial charge in [0.05, 0.1) is 13.2 Å². The number of anilines is 1. The van der Waals surface area contributed by atoms with Crippen LogP contribution in [0.25, 0.3) is 11.2 Å². The summed E-state index contributed by atoms with van der Waals surface area (Å²) in [5.41, 5.74) is 2.68. The van der Waals surface area contributed by atoms with E-state index in [9.17, 15) is 0 Å². The van der Waals surface area contributed by atoms with Gasteiger partial charge in [-0.1, -0.05) is 0 Å². The molecule has 22 heavy (non-hydrogen) atoms. The summed E-state index contributed by atoms with van der Waals surface area (Å²) in [6, 6.07) is 6.59. The molecule has 0 bridgehead atoms. The van der Waals surface area contributed by atoms with Crippen LogP contribution in [0.3, 0.4) is 0 Å². The Morgan fingerprint density at radius 3 is 2.77 bits per heavy atom. The van der Waals surface area contributed by atoms with Crippen molar-refractivity contribution < 1.29 is 4.74 Å². The summed E-state index contributed by atoms with van der Waals surface area (Å²) in [5.74, 6) is 0.771. The third-order valence-corrected chi connectivity index (χ3v) is 3.89. The molecule has 1 fully saturated rings. The molecule has 7 nitrogen and oxygen atoms in total. The van der Waals surface area contributed by atoms with Gasteiger partial charge in [0.2, 0.25) is 5.95 Å². The first-order valence-corrected chi connectivity index (χ1v) is 7.18. The molecule has 1 aliphatic heterocycles. The minimum atomic E-state index is 0.263. The smallest absolute Gasteiger partial charge is 0.298 e. The maximum absolute atomic E-state index is 5.41.